The van der Waals surface area contributed by atoms with Gasteiger partial charge in [0.1, 0.15) is 16.7 Å². The molecule has 2 aromatic carbocycles. The fraction of sp³-hybridized carbons (Fsp3) is 0.105. The lowest BCUT2D eigenvalue weighted by Crippen LogP contribution is -2.03. The Morgan fingerprint density at radius 2 is 2.04 bits per heavy atom. The molecule has 0 bridgehead atoms. The molecule has 0 radical (unpaired) electrons. The molecule has 0 saturated heterocycles. The number of aromatic hydroxyl groups is 1. The highest BCUT2D eigenvalue weighted by molar-refractivity contribution is 6.38. The Bertz CT molecular complexity index is 1070. The number of phenolic OH excluding ortho intramolecular Hbond substituents is 1. The summed E-state index contributed by atoms with van der Waals surface area (Å²) in [6.07, 6.45) is 1.73. The van der Waals surface area contributed by atoms with Gasteiger partial charge in [0.2, 0.25) is 0 Å². The molecular formula is C19H15ClN2O3. The second kappa shape index (κ2) is 5.57. The third-order valence-electron chi connectivity index (χ3n) is 4.38. The number of hydrogen-bond acceptors (Lipinski definition) is 3. The zero-order valence-corrected chi connectivity index (χ0v) is 14.4. The Labute approximate surface area is 148 Å². The lowest BCUT2D eigenvalue weighted by atomic mass is 10.0. The van der Waals surface area contributed by atoms with Crippen molar-refractivity contribution in [2.75, 3.05) is 12.4 Å². The number of carbonyl (C=O) groups is 1. The van der Waals surface area contributed by atoms with Gasteiger partial charge in [-0.2, -0.15) is 0 Å². The predicted molar refractivity (Wildman–Crippen MR) is 99.2 cm³/mol. The lowest BCUT2D eigenvalue weighted by molar-refractivity contribution is -0.110. The van der Waals surface area contributed by atoms with Gasteiger partial charge in [-0.05, 0) is 48.9 Å². The number of anilines is 1. The van der Waals surface area contributed by atoms with Gasteiger partial charge < -0.3 is 20.1 Å². The van der Waals surface area contributed by atoms with Gasteiger partial charge in [0, 0.05) is 33.3 Å². The number of aromatic nitrogens is 1. The minimum absolute atomic E-state index is 0.100. The third kappa shape index (κ3) is 2.44. The summed E-state index contributed by atoms with van der Waals surface area (Å²) in [4.78, 5) is 15.5. The van der Waals surface area contributed by atoms with E-state index in [4.69, 9.17) is 16.3 Å². The number of ether oxygens (including phenoxy) is 1. The Morgan fingerprint density at radius 1 is 1.24 bits per heavy atom. The smallest absolute Gasteiger partial charge is 0.256 e. The van der Waals surface area contributed by atoms with Crippen LogP contribution in [0.1, 0.15) is 16.7 Å². The SMILES string of the molecule is COc1cc2c(C=C3C(=O)Nc4ccc(O)cc43)c(Cl)[nH]c2cc1C. The Hall–Kier alpha value is -2.92. The zero-order chi connectivity index (χ0) is 17.7. The fourth-order valence-electron chi connectivity index (χ4n) is 3.14. The van der Waals surface area contributed by atoms with Crippen LogP contribution < -0.4 is 10.1 Å². The summed E-state index contributed by atoms with van der Waals surface area (Å²) in [6.45, 7) is 1.95. The summed E-state index contributed by atoms with van der Waals surface area (Å²) >= 11 is 6.38. The molecule has 25 heavy (non-hydrogen) atoms. The maximum Gasteiger partial charge on any atom is 0.256 e. The largest absolute Gasteiger partial charge is 0.508 e. The number of nitrogens with one attached hydrogen (secondary N) is 2. The van der Waals surface area contributed by atoms with Crippen molar-refractivity contribution in [2.24, 2.45) is 0 Å². The second-order valence-corrected chi connectivity index (χ2v) is 6.34. The van der Waals surface area contributed by atoms with Crippen LogP contribution in [0.15, 0.2) is 30.3 Å². The summed E-state index contributed by atoms with van der Waals surface area (Å²) in [7, 11) is 1.62. The van der Waals surface area contributed by atoms with E-state index in [1.807, 2.05) is 19.1 Å². The van der Waals surface area contributed by atoms with Gasteiger partial charge in [-0.3, -0.25) is 4.79 Å². The van der Waals surface area contributed by atoms with Crippen molar-refractivity contribution in [3.05, 3.63) is 52.2 Å². The van der Waals surface area contributed by atoms with Crippen LogP contribution in [0, 0.1) is 6.92 Å². The summed E-state index contributed by atoms with van der Waals surface area (Å²) < 4.78 is 5.39. The van der Waals surface area contributed by atoms with Crippen LogP contribution in [0.25, 0.3) is 22.6 Å². The monoisotopic (exact) mass is 354 g/mol. The summed E-state index contributed by atoms with van der Waals surface area (Å²) in [6, 6.07) is 8.62. The molecule has 0 atom stereocenters. The van der Waals surface area contributed by atoms with Crippen molar-refractivity contribution in [3.8, 4) is 11.5 Å². The number of benzene rings is 2. The first-order valence-corrected chi connectivity index (χ1v) is 8.08. The number of H-pyrrole nitrogens is 1. The Kier molecular flexibility index (Phi) is 3.47. The highest BCUT2D eigenvalue weighted by atomic mass is 35.5. The number of aromatic amines is 1. The van der Waals surface area contributed by atoms with Crippen molar-refractivity contribution in [3.63, 3.8) is 0 Å². The zero-order valence-electron chi connectivity index (χ0n) is 13.6. The van der Waals surface area contributed by atoms with Crippen LogP contribution in [0.3, 0.4) is 0 Å². The quantitative estimate of drug-likeness (QED) is 0.473. The number of halogens is 1. The van der Waals surface area contributed by atoms with Crippen LogP contribution in [0.4, 0.5) is 5.69 Å². The van der Waals surface area contributed by atoms with E-state index in [0.717, 1.165) is 22.2 Å². The van der Waals surface area contributed by atoms with Crippen LogP contribution in [0.5, 0.6) is 11.5 Å². The number of rotatable bonds is 2. The normalized spacial score (nSPS) is 14.8. The molecule has 5 nitrogen and oxygen atoms in total. The molecule has 0 unspecified atom stereocenters. The molecule has 1 aromatic heterocycles. The minimum atomic E-state index is -0.231. The number of amides is 1. The van der Waals surface area contributed by atoms with Crippen molar-refractivity contribution >= 4 is 45.7 Å². The van der Waals surface area contributed by atoms with E-state index in [-0.39, 0.29) is 11.7 Å². The molecular weight excluding hydrogens is 340 g/mol. The first-order valence-electron chi connectivity index (χ1n) is 7.70. The van der Waals surface area contributed by atoms with E-state index in [9.17, 15) is 9.90 Å². The van der Waals surface area contributed by atoms with Gasteiger partial charge in [0.25, 0.3) is 5.91 Å². The molecule has 2 heterocycles. The number of carbonyl (C=O) groups excluding carboxylic acids is 1. The Morgan fingerprint density at radius 3 is 2.80 bits per heavy atom. The number of methoxy groups -OCH3 is 1. The molecule has 0 saturated carbocycles. The van der Waals surface area contributed by atoms with Crippen LogP contribution in [-0.4, -0.2) is 23.1 Å². The lowest BCUT2D eigenvalue weighted by Gasteiger charge is -2.05. The van der Waals surface area contributed by atoms with E-state index in [0.29, 0.717) is 27.5 Å². The number of fused-ring (bicyclic) bond motifs is 2. The second-order valence-electron chi connectivity index (χ2n) is 5.96. The molecule has 0 spiro atoms. The van der Waals surface area contributed by atoms with Gasteiger partial charge in [-0.1, -0.05) is 11.6 Å². The highest BCUT2D eigenvalue weighted by Crippen LogP contribution is 2.39. The van der Waals surface area contributed by atoms with Gasteiger partial charge in [0.05, 0.1) is 7.11 Å². The predicted octanol–water partition coefficient (Wildman–Crippen LogP) is 4.34. The fourth-order valence-corrected chi connectivity index (χ4v) is 3.40. The number of phenols is 1. The van der Waals surface area contributed by atoms with Crippen molar-refractivity contribution in [1.29, 1.82) is 0 Å². The molecule has 3 aromatic rings. The number of aryl methyl sites for hydroxylation is 1. The van der Waals surface area contributed by atoms with Crippen molar-refractivity contribution in [2.45, 2.75) is 6.92 Å². The molecule has 0 aliphatic carbocycles. The van der Waals surface area contributed by atoms with Crippen LogP contribution in [-0.2, 0) is 4.79 Å². The van der Waals surface area contributed by atoms with Gasteiger partial charge in [0.15, 0.2) is 0 Å². The van der Waals surface area contributed by atoms with Gasteiger partial charge in [-0.25, -0.2) is 0 Å². The summed E-state index contributed by atoms with van der Waals surface area (Å²) in [5, 5.41) is 13.8. The van der Waals surface area contributed by atoms with E-state index >= 15 is 0 Å². The van der Waals surface area contributed by atoms with E-state index in [2.05, 4.69) is 10.3 Å². The third-order valence-corrected chi connectivity index (χ3v) is 4.68. The molecule has 1 amide bonds. The van der Waals surface area contributed by atoms with Crippen molar-refractivity contribution < 1.29 is 14.6 Å². The molecule has 6 heteroatoms. The van der Waals surface area contributed by atoms with Gasteiger partial charge in [-0.15, -0.1) is 0 Å². The highest BCUT2D eigenvalue weighted by Gasteiger charge is 2.25. The molecule has 1 aliphatic heterocycles. The van der Waals surface area contributed by atoms with E-state index < -0.39 is 0 Å². The topological polar surface area (TPSA) is 74.3 Å². The average Bonchev–Trinajstić information content (AvgIpc) is 3.04. The first-order chi connectivity index (χ1) is 12.0. The maximum absolute atomic E-state index is 12.4. The summed E-state index contributed by atoms with van der Waals surface area (Å²) in [5.74, 6) is 0.616. The molecule has 126 valence electrons. The van der Waals surface area contributed by atoms with E-state index in [1.54, 1.807) is 25.3 Å². The minimum Gasteiger partial charge on any atom is -0.508 e. The maximum atomic E-state index is 12.4. The van der Waals surface area contributed by atoms with E-state index in [1.165, 1.54) is 6.07 Å². The average molecular weight is 355 g/mol. The van der Waals surface area contributed by atoms with Crippen LogP contribution in [0.2, 0.25) is 5.15 Å². The number of hydrogen-bond donors (Lipinski definition) is 3. The van der Waals surface area contributed by atoms with Crippen LogP contribution >= 0.6 is 11.6 Å². The summed E-state index contributed by atoms with van der Waals surface area (Å²) in [5.41, 5.74) is 4.32. The molecule has 0 fully saturated rings. The Balaban J connectivity index is 1.94. The standard InChI is InChI=1S/C19H15ClN2O3/c1-9-5-16-12(8-17(9)25-2)13(18(20)21-16)7-14-11-6-10(23)3-4-15(11)22-19(14)24/h3-8,21,23H,1-2H3,(H,22,24). The molecule has 3 N–H and O–H groups in total. The molecule has 1 aliphatic rings. The first kappa shape index (κ1) is 15.6. The van der Waals surface area contributed by atoms with Crippen molar-refractivity contribution in [1.82, 2.24) is 4.98 Å². The molecule has 4 rings (SSSR count). The van der Waals surface area contributed by atoms with Gasteiger partial charge >= 0.3 is 0 Å².